The Morgan fingerprint density at radius 3 is 2.40 bits per heavy atom. The zero-order valence-corrected chi connectivity index (χ0v) is 14.1. The molecule has 20 heavy (non-hydrogen) atoms. The Hall–Kier alpha value is -0.570. The van der Waals surface area contributed by atoms with E-state index in [4.69, 9.17) is 11.6 Å². The van der Waals surface area contributed by atoms with Crippen LogP contribution in [0.2, 0.25) is 5.02 Å². The zero-order chi connectivity index (χ0) is 15.0. The largest absolute Gasteiger partial charge is 0.309 e. The Bertz CT molecular complexity index is 364. The highest BCUT2D eigenvalue weighted by atomic mass is 35.5. The summed E-state index contributed by atoms with van der Waals surface area (Å²) in [5.74, 6) is 0. The number of halogens is 1. The van der Waals surface area contributed by atoms with E-state index >= 15 is 0 Å². The van der Waals surface area contributed by atoms with Crippen LogP contribution in [0.15, 0.2) is 24.3 Å². The van der Waals surface area contributed by atoms with Gasteiger partial charge in [-0.25, -0.2) is 0 Å². The zero-order valence-electron chi connectivity index (χ0n) is 13.3. The summed E-state index contributed by atoms with van der Waals surface area (Å²) in [7, 11) is 2.20. The fourth-order valence-corrected chi connectivity index (χ4v) is 2.44. The molecule has 0 saturated carbocycles. The van der Waals surface area contributed by atoms with Crippen LogP contribution < -0.4 is 5.32 Å². The molecule has 0 aliphatic carbocycles. The van der Waals surface area contributed by atoms with E-state index in [1.807, 2.05) is 12.1 Å². The van der Waals surface area contributed by atoms with Gasteiger partial charge in [0.1, 0.15) is 0 Å². The molecule has 1 rings (SSSR count). The third-order valence-electron chi connectivity index (χ3n) is 4.05. The second-order valence-electron chi connectivity index (χ2n) is 5.58. The summed E-state index contributed by atoms with van der Waals surface area (Å²) >= 11 is 5.96. The summed E-state index contributed by atoms with van der Waals surface area (Å²) in [5, 5.41) is 4.49. The predicted molar refractivity (Wildman–Crippen MR) is 89.5 cm³/mol. The van der Waals surface area contributed by atoms with Crippen molar-refractivity contribution < 1.29 is 0 Å². The highest BCUT2D eigenvalue weighted by molar-refractivity contribution is 6.30. The van der Waals surface area contributed by atoms with Gasteiger partial charge in [0.2, 0.25) is 0 Å². The molecule has 114 valence electrons. The van der Waals surface area contributed by atoms with Gasteiger partial charge in [0.05, 0.1) is 0 Å². The first-order chi connectivity index (χ1) is 9.58. The fourth-order valence-electron chi connectivity index (χ4n) is 2.32. The number of hydrogen-bond donors (Lipinski definition) is 1. The second-order valence-corrected chi connectivity index (χ2v) is 6.02. The maximum absolute atomic E-state index is 5.96. The summed E-state index contributed by atoms with van der Waals surface area (Å²) in [5.41, 5.74) is 1.34. The lowest BCUT2D eigenvalue weighted by Crippen LogP contribution is -2.36. The Balaban J connectivity index is 2.49. The van der Waals surface area contributed by atoms with Gasteiger partial charge in [0.25, 0.3) is 0 Å². The highest BCUT2D eigenvalue weighted by Crippen LogP contribution is 2.20. The number of hydrogen-bond acceptors (Lipinski definition) is 2. The van der Waals surface area contributed by atoms with Crippen molar-refractivity contribution in [1.82, 2.24) is 10.2 Å². The van der Waals surface area contributed by atoms with E-state index < -0.39 is 0 Å². The molecule has 0 fully saturated rings. The number of nitrogens with zero attached hydrogens (tertiary/aromatic N) is 1. The van der Waals surface area contributed by atoms with Gasteiger partial charge < -0.3 is 10.2 Å². The number of benzene rings is 1. The van der Waals surface area contributed by atoms with Crippen molar-refractivity contribution in [2.75, 3.05) is 20.1 Å². The molecule has 1 aromatic rings. The molecule has 0 aromatic heterocycles. The maximum Gasteiger partial charge on any atom is 0.0406 e. The Morgan fingerprint density at radius 2 is 1.85 bits per heavy atom. The molecule has 2 atom stereocenters. The van der Waals surface area contributed by atoms with Crippen LogP contribution in [0.25, 0.3) is 0 Å². The molecule has 0 radical (unpaired) electrons. The molecule has 0 amide bonds. The van der Waals surface area contributed by atoms with Crippen LogP contribution in [0.4, 0.5) is 0 Å². The number of rotatable bonds is 9. The van der Waals surface area contributed by atoms with Gasteiger partial charge in [-0.05, 0) is 44.5 Å². The van der Waals surface area contributed by atoms with Gasteiger partial charge in [0.15, 0.2) is 0 Å². The van der Waals surface area contributed by atoms with Gasteiger partial charge in [-0.15, -0.1) is 0 Å². The van der Waals surface area contributed by atoms with Crippen LogP contribution >= 0.6 is 11.6 Å². The molecular weight excluding hydrogens is 268 g/mol. The van der Waals surface area contributed by atoms with E-state index in [1.165, 1.54) is 18.4 Å². The first-order valence-corrected chi connectivity index (χ1v) is 8.15. The van der Waals surface area contributed by atoms with E-state index in [1.54, 1.807) is 0 Å². The minimum absolute atomic E-state index is 0.433. The van der Waals surface area contributed by atoms with Crippen molar-refractivity contribution in [2.45, 2.75) is 52.1 Å². The first kappa shape index (κ1) is 17.5. The highest BCUT2D eigenvalue weighted by Gasteiger charge is 2.11. The SMILES string of the molecule is CCCC(NCCN(C)C(C)CC)c1ccc(Cl)cc1. The number of likely N-dealkylation sites (N-methyl/N-ethyl adjacent to an activating group) is 1. The molecule has 0 aliphatic rings. The Labute approximate surface area is 129 Å². The maximum atomic E-state index is 5.96. The fraction of sp³-hybridized carbons (Fsp3) is 0.647. The van der Waals surface area contributed by atoms with Crippen molar-refractivity contribution in [3.8, 4) is 0 Å². The average Bonchev–Trinajstić information content (AvgIpc) is 2.46. The van der Waals surface area contributed by atoms with Crippen molar-refractivity contribution in [2.24, 2.45) is 0 Å². The minimum atomic E-state index is 0.433. The van der Waals surface area contributed by atoms with Crippen molar-refractivity contribution in [3.05, 3.63) is 34.9 Å². The number of nitrogens with one attached hydrogen (secondary N) is 1. The lowest BCUT2D eigenvalue weighted by molar-refractivity contribution is 0.247. The lowest BCUT2D eigenvalue weighted by Gasteiger charge is -2.25. The van der Waals surface area contributed by atoms with Crippen LogP contribution in [-0.2, 0) is 0 Å². The third kappa shape index (κ3) is 5.82. The molecule has 3 heteroatoms. The summed E-state index contributed by atoms with van der Waals surface area (Å²) in [6.45, 7) is 8.86. The summed E-state index contributed by atoms with van der Waals surface area (Å²) in [6, 6.07) is 9.31. The molecule has 1 N–H and O–H groups in total. The summed E-state index contributed by atoms with van der Waals surface area (Å²) in [4.78, 5) is 2.41. The molecule has 0 bridgehead atoms. The van der Waals surface area contributed by atoms with Crippen LogP contribution in [0.1, 0.15) is 51.6 Å². The summed E-state index contributed by atoms with van der Waals surface area (Å²) in [6.07, 6.45) is 3.54. The second kappa shape index (κ2) is 9.38. The molecule has 0 spiro atoms. The normalized spacial score (nSPS) is 14.5. The first-order valence-electron chi connectivity index (χ1n) is 7.77. The van der Waals surface area contributed by atoms with Gasteiger partial charge in [0, 0.05) is 30.2 Å². The van der Waals surface area contributed by atoms with Gasteiger partial charge in [-0.2, -0.15) is 0 Å². The average molecular weight is 297 g/mol. The quantitative estimate of drug-likeness (QED) is 0.722. The predicted octanol–water partition coefficient (Wildman–Crippen LogP) is 4.50. The van der Waals surface area contributed by atoms with Crippen LogP contribution in [0, 0.1) is 0 Å². The van der Waals surface area contributed by atoms with E-state index in [-0.39, 0.29) is 0 Å². The minimum Gasteiger partial charge on any atom is -0.309 e. The van der Waals surface area contributed by atoms with Gasteiger partial charge in [-0.3, -0.25) is 0 Å². The van der Waals surface area contributed by atoms with Crippen molar-refractivity contribution >= 4 is 11.6 Å². The molecular formula is C17H29ClN2. The Morgan fingerprint density at radius 1 is 1.20 bits per heavy atom. The van der Waals surface area contributed by atoms with Crippen molar-refractivity contribution in [3.63, 3.8) is 0 Å². The molecule has 0 aliphatic heterocycles. The van der Waals surface area contributed by atoms with E-state index in [2.05, 4.69) is 50.2 Å². The Kier molecular flexibility index (Phi) is 8.20. The van der Waals surface area contributed by atoms with Crippen molar-refractivity contribution in [1.29, 1.82) is 0 Å². The molecule has 0 heterocycles. The topological polar surface area (TPSA) is 15.3 Å². The monoisotopic (exact) mass is 296 g/mol. The lowest BCUT2D eigenvalue weighted by atomic mass is 10.0. The van der Waals surface area contributed by atoms with E-state index in [9.17, 15) is 0 Å². The molecule has 2 nitrogen and oxygen atoms in total. The van der Waals surface area contributed by atoms with E-state index in [0.717, 1.165) is 24.5 Å². The van der Waals surface area contributed by atoms with E-state index in [0.29, 0.717) is 12.1 Å². The smallest absolute Gasteiger partial charge is 0.0406 e. The van der Waals surface area contributed by atoms with Crippen LogP contribution in [0.5, 0.6) is 0 Å². The molecule has 1 aromatic carbocycles. The third-order valence-corrected chi connectivity index (χ3v) is 4.30. The standard InChI is InChI=1S/C17H29ClN2/c1-5-7-17(15-8-10-16(18)11-9-15)19-12-13-20(4)14(3)6-2/h8-11,14,17,19H,5-7,12-13H2,1-4H3. The molecule has 0 saturated heterocycles. The van der Waals surface area contributed by atoms with Crippen LogP contribution in [0.3, 0.4) is 0 Å². The molecule has 2 unspecified atom stereocenters. The van der Waals surface area contributed by atoms with Gasteiger partial charge >= 0.3 is 0 Å². The summed E-state index contributed by atoms with van der Waals surface area (Å²) < 4.78 is 0. The van der Waals surface area contributed by atoms with Crippen LogP contribution in [-0.4, -0.2) is 31.1 Å². The van der Waals surface area contributed by atoms with Gasteiger partial charge in [-0.1, -0.05) is 44.0 Å².